The van der Waals surface area contributed by atoms with Gasteiger partial charge in [0.25, 0.3) is 5.91 Å². The van der Waals surface area contributed by atoms with Crippen molar-refractivity contribution in [3.8, 4) is 0 Å². The molecule has 2 fully saturated rings. The second-order valence-electron chi connectivity index (χ2n) is 6.37. The van der Waals surface area contributed by atoms with Crippen molar-refractivity contribution in [1.82, 2.24) is 4.90 Å². The van der Waals surface area contributed by atoms with Crippen molar-refractivity contribution in [3.63, 3.8) is 0 Å². The van der Waals surface area contributed by atoms with E-state index in [9.17, 15) is 4.79 Å². The van der Waals surface area contributed by atoms with Gasteiger partial charge in [0, 0.05) is 30.1 Å². The van der Waals surface area contributed by atoms with E-state index in [-0.39, 0.29) is 11.3 Å². The average Bonchev–Trinajstić information content (AvgIpc) is 3.15. The molecule has 1 aromatic carbocycles. The number of fused-ring (bicyclic) bond motifs is 1. The first-order valence-electron chi connectivity index (χ1n) is 7.38. The molecule has 2 aliphatic carbocycles. The highest BCUT2D eigenvalue weighted by Gasteiger charge is 2.41. The standard InChI is InChI=1S/C16H20N2O/c17-10-16(6-1-7-16)12-3-2-11-9-18(13-4-5-13)15(19)14(11)8-12/h2-3,8,13H,1,4-7,9-10,17H2. The molecule has 1 heterocycles. The van der Waals surface area contributed by atoms with E-state index in [0.717, 1.165) is 12.1 Å². The van der Waals surface area contributed by atoms with Gasteiger partial charge in [-0.2, -0.15) is 0 Å². The highest BCUT2D eigenvalue weighted by molar-refractivity contribution is 5.99. The van der Waals surface area contributed by atoms with Crippen LogP contribution in [0, 0.1) is 0 Å². The SMILES string of the molecule is NCC1(c2ccc3c(c2)C(=O)N(C2CC2)C3)CCC1. The van der Waals surface area contributed by atoms with Gasteiger partial charge in [-0.1, -0.05) is 18.6 Å². The zero-order chi connectivity index (χ0) is 13.0. The lowest BCUT2D eigenvalue weighted by atomic mass is 9.64. The van der Waals surface area contributed by atoms with E-state index in [1.807, 2.05) is 4.90 Å². The minimum absolute atomic E-state index is 0.155. The van der Waals surface area contributed by atoms with Crippen LogP contribution in [0.5, 0.6) is 0 Å². The Kier molecular flexibility index (Phi) is 2.31. The Balaban J connectivity index is 1.70. The van der Waals surface area contributed by atoms with E-state index >= 15 is 0 Å². The molecule has 100 valence electrons. The molecule has 0 aromatic heterocycles. The van der Waals surface area contributed by atoms with Gasteiger partial charge in [0.1, 0.15) is 0 Å². The lowest BCUT2D eigenvalue weighted by Gasteiger charge is -2.41. The van der Waals surface area contributed by atoms with Crippen LogP contribution in [0.2, 0.25) is 0 Å². The molecule has 1 amide bonds. The van der Waals surface area contributed by atoms with Crippen molar-refractivity contribution < 1.29 is 4.79 Å². The van der Waals surface area contributed by atoms with Gasteiger partial charge >= 0.3 is 0 Å². The molecule has 0 saturated heterocycles. The number of carbonyl (C=O) groups is 1. The number of nitrogens with two attached hydrogens (primary N) is 1. The van der Waals surface area contributed by atoms with Crippen molar-refractivity contribution in [2.45, 2.75) is 50.1 Å². The number of benzene rings is 1. The Bertz CT molecular complexity index is 538. The summed E-state index contributed by atoms with van der Waals surface area (Å²) < 4.78 is 0. The molecule has 0 atom stereocenters. The van der Waals surface area contributed by atoms with Gasteiger partial charge in [-0.25, -0.2) is 0 Å². The van der Waals surface area contributed by atoms with Crippen LogP contribution in [0.25, 0.3) is 0 Å². The minimum atomic E-state index is 0.155. The first kappa shape index (κ1) is 11.5. The fourth-order valence-electron chi connectivity index (χ4n) is 3.55. The van der Waals surface area contributed by atoms with E-state index in [0.29, 0.717) is 12.6 Å². The lowest BCUT2D eigenvalue weighted by Crippen LogP contribution is -2.41. The number of carbonyl (C=O) groups excluding carboxylic acids is 1. The Morgan fingerprint density at radius 1 is 1.32 bits per heavy atom. The molecule has 3 aliphatic rings. The third kappa shape index (κ3) is 1.57. The zero-order valence-corrected chi connectivity index (χ0v) is 11.2. The first-order chi connectivity index (χ1) is 9.23. The van der Waals surface area contributed by atoms with Gasteiger partial charge in [0.15, 0.2) is 0 Å². The molecule has 1 aromatic rings. The number of nitrogens with zero attached hydrogens (tertiary/aromatic N) is 1. The second-order valence-corrected chi connectivity index (χ2v) is 6.37. The predicted molar refractivity (Wildman–Crippen MR) is 73.9 cm³/mol. The fraction of sp³-hybridized carbons (Fsp3) is 0.562. The quantitative estimate of drug-likeness (QED) is 0.901. The van der Waals surface area contributed by atoms with Crippen LogP contribution in [-0.2, 0) is 12.0 Å². The molecule has 0 spiro atoms. The van der Waals surface area contributed by atoms with Crippen LogP contribution in [-0.4, -0.2) is 23.4 Å². The maximum Gasteiger partial charge on any atom is 0.254 e. The van der Waals surface area contributed by atoms with Gasteiger partial charge < -0.3 is 10.6 Å². The van der Waals surface area contributed by atoms with Crippen molar-refractivity contribution >= 4 is 5.91 Å². The Labute approximate surface area is 113 Å². The van der Waals surface area contributed by atoms with E-state index in [4.69, 9.17) is 5.73 Å². The zero-order valence-electron chi connectivity index (χ0n) is 11.2. The molecular formula is C16H20N2O. The molecule has 3 nitrogen and oxygen atoms in total. The van der Waals surface area contributed by atoms with Gasteiger partial charge in [0.2, 0.25) is 0 Å². The van der Waals surface area contributed by atoms with Crippen molar-refractivity contribution in [2.24, 2.45) is 5.73 Å². The summed E-state index contributed by atoms with van der Waals surface area (Å²) in [5.41, 5.74) is 9.54. The molecule has 4 rings (SSSR count). The summed E-state index contributed by atoms with van der Waals surface area (Å²) in [5.74, 6) is 0.242. The molecule has 0 radical (unpaired) electrons. The van der Waals surface area contributed by atoms with E-state index < -0.39 is 0 Å². The molecule has 19 heavy (non-hydrogen) atoms. The van der Waals surface area contributed by atoms with Crippen LogP contribution in [0.1, 0.15) is 53.6 Å². The molecule has 0 unspecified atom stereocenters. The summed E-state index contributed by atoms with van der Waals surface area (Å²) in [4.78, 5) is 14.5. The summed E-state index contributed by atoms with van der Waals surface area (Å²) in [7, 11) is 0. The van der Waals surface area contributed by atoms with Gasteiger partial charge in [-0.15, -0.1) is 0 Å². The number of amides is 1. The highest BCUT2D eigenvalue weighted by atomic mass is 16.2. The van der Waals surface area contributed by atoms with Gasteiger partial charge in [0.05, 0.1) is 0 Å². The molecular weight excluding hydrogens is 236 g/mol. The molecule has 1 aliphatic heterocycles. The second kappa shape index (κ2) is 3.83. The monoisotopic (exact) mass is 256 g/mol. The Morgan fingerprint density at radius 3 is 2.68 bits per heavy atom. The summed E-state index contributed by atoms with van der Waals surface area (Å²) >= 11 is 0. The van der Waals surface area contributed by atoms with Crippen molar-refractivity contribution in [2.75, 3.05) is 6.54 Å². The Hall–Kier alpha value is -1.35. The first-order valence-corrected chi connectivity index (χ1v) is 7.38. The van der Waals surface area contributed by atoms with Crippen LogP contribution < -0.4 is 5.73 Å². The maximum absolute atomic E-state index is 12.4. The third-order valence-electron chi connectivity index (χ3n) is 5.24. The third-order valence-corrected chi connectivity index (χ3v) is 5.24. The smallest absolute Gasteiger partial charge is 0.254 e. The topological polar surface area (TPSA) is 46.3 Å². The summed E-state index contributed by atoms with van der Waals surface area (Å²) in [6, 6.07) is 7.00. The molecule has 2 N–H and O–H groups in total. The van der Waals surface area contributed by atoms with E-state index in [2.05, 4.69) is 18.2 Å². The van der Waals surface area contributed by atoms with Crippen LogP contribution in [0.4, 0.5) is 0 Å². The van der Waals surface area contributed by atoms with Crippen LogP contribution in [0.3, 0.4) is 0 Å². The number of hydrogen-bond acceptors (Lipinski definition) is 2. The van der Waals surface area contributed by atoms with Crippen molar-refractivity contribution in [3.05, 3.63) is 34.9 Å². The van der Waals surface area contributed by atoms with Gasteiger partial charge in [-0.3, -0.25) is 4.79 Å². The molecule has 0 bridgehead atoms. The fourth-order valence-corrected chi connectivity index (χ4v) is 3.55. The van der Waals surface area contributed by atoms with Crippen molar-refractivity contribution in [1.29, 1.82) is 0 Å². The lowest BCUT2D eigenvalue weighted by molar-refractivity contribution is 0.0766. The number of rotatable bonds is 3. The largest absolute Gasteiger partial charge is 0.331 e. The molecule has 3 heteroatoms. The van der Waals surface area contributed by atoms with Crippen LogP contribution >= 0.6 is 0 Å². The van der Waals surface area contributed by atoms with E-state index in [1.165, 1.54) is 43.2 Å². The normalized spacial score (nSPS) is 24.3. The Morgan fingerprint density at radius 2 is 2.11 bits per heavy atom. The highest BCUT2D eigenvalue weighted by Crippen LogP contribution is 2.44. The summed E-state index contributed by atoms with van der Waals surface area (Å²) in [6.45, 7) is 1.51. The average molecular weight is 256 g/mol. The van der Waals surface area contributed by atoms with Gasteiger partial charge in [-0.05, 0) is 42.9 Å². The number of hydrogen-bond donors (Lipinski definition) is 1. The summed E-state index contributed by atoms with van der Waals surface area (Å²) in [6.07, 6.45) is 5.96. The minimum Gasteiger partial charge on any atom is -0.331 e. The van der Waals surface area contributed by atoms with Crippen LogP contribution in [0.15, 0.2) is 18.2 Å². The van der Waals surface area contributed by atoms with E-state index in [1.54, 1.807) is 0 Å². The summed E-state index contributed by atoms with van der Waals surface area (Å²) in [5, 5.41) is 0. The predicted octanol–water partition coefficient (Wildman–Crippen LogP) is 2.19. The molecule has 2 saturated carbocycles. The maximum atomic E-state index is 12.4.